The van der Waals surface area contributed by atoms with Gasteiger partial charge in [-0.25, -0.2) is 0 Å². The predicted octanol–water partition coefficient (Wildman–Crippen LogP) is 2.84. The van der Waals surface area contributed by atoms with Crippen LogP contribution in [0.4, 0.5) is 0 Å². The molecule has 7 heteroatoms. The van der Waals surface area contributed by atoms with Crippen molar-refractivity contribution < 1.29 is 14.3 Å². The smallest absolute Gasteiger partial charge is 0.222 e. The van der Waals surface area contributed by atoms with E-state index in [1.165, 1.54) is 5.56 Å². The first-order valence-corrected chi connectivity index (χ1v) is 10.6. The van der Waals surface area contributed by atoms with E-state index in [1.807, 2.05) is 30.2 Å². The summed E-state index contributed by atoms with van der Waals surface area (Å²) >= 11 is 0. The summed E-state index contributed by atoms with van der Waals surface area (Å²) in [5, 5.41) is 3.35. The minimum Gasteiger partial charge on any atom is -0.493 e. The largest absolute Gasteiger partial charge is 0.493 e. The van der Waals surface area contributed by atoms with Gasteiger partial charge >= 0.3 is 0 Å². The Bertz CT molecular complexity index is 748. The van der Waals surface area contributed by atoms with Crippen LogP contribution in [0, 0.1) is 0 Å². The molecule has 166 valence electrons. The predicted molar refractivity (Wildman–Crippen MR) is 121 cm³/mol. The first kappa shape index (κ1) is 23.6. The number of carbonyl (C=O) groups is 1. The van der Waals surface area contributed by atoms with E-state index in [1.54, 1.807) is 21.3 Å². The fourth-order valence-electron chi connectivity index (χ4n) is 3.66. The number of fused-ring (bicyclic) bond motifs is 1. The number of nitrogens with one attached hydrogen (secondary N) is 1. The lowest BCUT2D eigenvalue weighted by molar-refractivity contribution is -0.132. The molecule has 1 amide bonds. The molecule has 0 bridgehead atoms. The van der Waals surface area contributed by atoms with E-state index in [-0.39, 0.29) is 5.91 Å². The molecule has 1 heterocycles. The van der Waals surface area contributed by atoms with Crippen molar-refractivity contribution >= 4 is 11.9 Å². The summed E-state index contributed by atoms with van der Waals surface area (Å²) in [6.07, 6.45) is 6.10. The van der Waals surface area contributed by atoms with Crippen LogP contribution in [0.3, 0.4) is 0 Å². The highest BCUT2D eigenvalue weighted by atomic mass is 16.5. The summed E-state index contributed by atoms with van der Waals surface area (Å²) in [7, 11) is 7.09. The average molecular weight is 417 g/mol. The maximum atomic E-state index is 12.7. The Labute approximate surface area is 180 Å². The average Bonchev–Trinajstić information content (AvgIpc) is 2.77. The van der Waals surface area contributed by atoms with Gasteiger partial charge in [-0.05, 0) is 48.9 Å². The van der Waals surface area contributed by atoms with Gasteiger partial charge in [0.15, 0.2) is 17.5 Å². The van der Waals surface area contributed by atoms with Gasteiger partial charge < -0.3 is 24.6 Å². The number of unbranched alkanes of at least 4 members (excludes halogenated alkanes) is 1. The fraction of sp³-hybridized carbons (Fsp3) is 0.565. The molecule has 0 saturated heterocycles. The van der Waals surface area contributed by atoms with Crippen molar-refractivity contribution in [3.8, 4) is 11.5 Å². The monoisotopic (exact) mass is 416 g/mol. The van der Waals surface area contributed by atoms with E-state index >= 15 is 0 Å². The minimum atomic E-state index is 0.187. The number of amides is 1. The van der Waals surface area contributed by atoms with Gasteiger partial charge in [-0.15, -0.1) is 6.58 Å². The molecule has 0 fully saturated rings. The maximum absolute atomic E-state index is 12.7. The number of allylic oxidation sites excluding steroid dienone is 1. The SMILES string of the molecule is C=CCCCN(C)C(=NC)NCCCC(=O)N1CCc2cc(OC)c(OC)cc2C1. The first-order valence-electron chi connectivity index (χ1n) is 10.6. The number of aliphatic imine (C=N–C) groups is 1. The van der Waals surface area contributed by atoms with Crippen molar-refractivity contribution in [2.75, 3.05) is 47.9 Å². The van der Waals surface area contributed by atoms with Gasteiger partial charge in [-0.3, -0.25) is 9.79 Å². The van der Waals surface area contributed by atoms with Crippen LogP contribution in [0.5, 0.6) is 11.5 Å². The summed E-state index contributed by atoms with van der Waals surface area (Å²) in [6.45, 7) is 6.76. The second-order valence-electron chi connectivity index (χ2n) is 7.47. The van der Waals surface area contributed by atoms with Crippen LogP contribution in [0.2, 0.25) is 0 Å². The molecule has 0 atom stereocenters. The molecule has 1 aromatic rings. The van der Waals surface area contributed by atoms with Gasteiger partial charge in [0.1, 0.15) is 0 Å². The standard InChI is InChI=1S/C23H36N4O3/c1-6-7-8-13-26(3)23(24-2)25-12-9-10-22(28)27-14-11-18-15-20(29-4)21(30-5)16-19(18)17-27/h6,15-16H,1,7-14,17H2,2-5H3,(H,24,25). The summed E-state index contributed by atoms with van der Waals surface area (Å²) in [6, 6.07) is 4.01. The van der Waals surface area contributed by atoms with Crippen molar-refractivity contribution in [1.29, 1.82) is 0 Å². The van der Waals surface area contributed by atoms with Crippen LogP contribution >= 0.6 is 0 Å². The quantitative estimate of drug-likeness (QED) is 0.275. The van der Waals surface area contributed by atoms with Gasteiger partial charge in [0.2, 0.25) is 5.91 Å². The fourth-order valence-corrected chi connectivity index (χ4v) is 3.66. The molecule has 2 rings (SSSR count). The molecule has 7 nitrogen and oxygen atoms in total. The zero-order chi connectivity index (χ0) is 21.9. The molecular weight excluding hydrogens is 380 g/mol. The van der Waals surface area contributed by atoms with E-state index < -0.39 is 0 Å². The third-order valence-corrected chi connectivity index (χ3v) is 5.40. The van der Waals surface area contributed by atoms with E-state index in [2.05, 4.69) is 21.8 Å². The molecule has 0 spiro atoms. The van der Waals surface area contributed by atoms with Crippen LogP contribution in [-0.4, -0.2) is 69.6 Å². The molecular formula is C23H36N4O3. The van der Waals surface area contributed by atoms with Crippen LogP contribution < -0.4 is 14.8 Å². The van der Waals surface area contributed by atoms with Gasteiger partial charge in [-0.2, -0.15) is 0 Å². The Morgan fingerprint density at radius 2 is 1.97 bits per heavy atom. The van der Waals surface area contributed by atoms with Crippen molar-refractivity contribution in [3.05, 3.63) is 35.9 Å². The van der Waals surface area contributed by atoms with Crippen molar-refractivity contribution in [2.45, 2.75) is 38.6 Å². The topological polar surface area (TPSA) is 66.4 Å². The minimum absolute atomic E-state index is 0.187. The molecule has 0 saturated carbocycles. The number of nitrogens with zero attached hydrogens (tertiary/aromatic N) is 3. The van der Waals surface area contributed by atoms with Crippen LogP contribution in [0.15, 0.2) is 29.8 Å². The second kappa shape index (κ2) is 12.1. The molecule has 1 aromatic carbocycles. The molecule has 0 unspecified atom stereocenters. The van der Waals surface area contributed by atoms with Gasteiger partial charge in [-0.1, -0.05) is 6.08 Å². The lowest BCUT2D eigenvalue weighted by atomic mass is 9.98. The zero-order valence-electron chi connectivity index (χ0n) is 18.9. The molecule has 0 radical (unpaired) electrons. The number of hydrogen-bond acceptors (Lipinski definition) is 4. The normalized spacial score (nSPS) is 13.5. The summed E-state index contributed by atoms with van der Waals surface area (Å²) < 4.78 is 10.8. The Hall–Kier alpha value is -2.70. The van der Waals surface area contributed by atoms with E-state index in [0.29, 0.717) is 18.7 Å². The maximum Gasteiger partial charge on any atom is 0.222 e. The van der Waals surface area contributed by atoms with E-state index in [0.717, 1.165) is 62.6 Å². The molecule has 1 N–H and O–H groups in total. The van der Waals surface area contributed by atoms with Gasteiger partial charge in [0.05, 0.1) is 14.2 Å². The van der Waals surface area contributed by atoms with Crippen molar-refractivity contribution in [2.24, 2.45) is 4.99 Å². The highest BCUT2D eigenvalue weighted by molar-refractivity contribution is 5.80. The lowest BCUT2D eigenvalue weighted by Crippen LogP contribution is -2.40. The zero-order valence-corrected chi connectivity index (χ0v) is 18.9. The highest BCUT2D eigenvalue weighted by Gasteiger charge is 2.22. The Morgan fingerprint density at radius 1 is 1.27 bits per heavy atom. The number of carbonyl (C=O) groups excluding carboxylic acids is 1. The lowest BCUT2D eigenvalue weighted by Gasteiger charge is -2.30. The molecule has 1 aliphatic rings. The highest BCUT2D eigenvalue weighted by Crippen LogP contribution is 2.33. The Morgan fingerprint density at radius 3 is 2.60 bits per heavy atom. The number of rotatable bonds is 10. The number of ether oxygens (including phenoxy) is 2. The molecule has 30 heavy (non-hydrogen) atoms. The van der Waals surface area contributed by atoms with Gasteiger partial charge in [0.25, 0.3) is 0 Å². The number of benzene rings is 1. The molecule has 1 aliphatic heterocycles. The summed E-state index contributed by atoms with van der Waals surface area (Å²) in [5.41, 5.74) is 2.36. The van der Waals surface area contributed by atoms with Crippen LogP contribution in [-0.2, 0) is 17.8 Å². The summed E-state index contributed by atoms with van der Waals surface area (Å²) in [4.78, 5) is 21.1. The molecule has 0 aliphatic carbocycles. The van der Waals surface area contributed by atoms with Crippen molar-refractivity contribution in [1.82, 2.24) is 15.1 Å². The van der Waals surface area contributed by atoms with Crippen LogP contribution in [0.25, 0.3) is 0 Å². The Kier molecular flexibility index (Phi) is 9.51. The molecule has 0 aromatic heterocycles. The Balaban J connectivity index is 1.80. The number of hydrogen-bond donors (Lipinski definition) is 1. The summed E-state index contributed by atoms with van der Waals surface area (Å²) in [5.74, 6) is 2.49. The number of guanidine groups is 1. The second-order valence-corrected chi connectivity index (χ2v) is 7.47. The van der Waals surface area contributed by atoms with Crippen molar-refractivity contribution in [3.63, 3.8) is 0 Å². The van der Waals surface area contributed by atoms with Crippen LogP contribution in [0.1, 0.15) is 36.8 Å². The first-order chi connectivity index (χ1) is 14.5. The third kappa shape index (κ3) is 6.40. The third-order valence-electron chi connectivity index (χ3n) is 5.40. The number of methoxy groups -OCH3 is 2. The van der Waals surface area contributed by atoms with Gasteiger partial charge in [0, 0.05) is 46.7 Å². The van der Waals surface area contributed by atoms with E-state index in [4.69, 9.17) is 9.47 Å². The van der Waals surface area contributed by atoms with E-state index in [9.17, 15) is 4.79 Å².